The molecule has 1 aromatic rings. The lowest BCUT2D eigenvalue weighted by Crippen LogP contribution is -2.17. The summed E-state index contributed by atoms with van der Waals surface area (Å²) in [4.78, 5) is 0. The summed E-state index contributed by atoms with van der Waals surface area (Å²) in [5.74, 6) is -0.602. The van der Waals surface area contributed by atoms with Crippen LogP contribution in [0, 0.1) is 6.07 Å². The van der Waals surface area contributed by atoms with Crippen molar-refractivity contribution in [3.8, 4) is 5.75 Å². The number of alkyl halides is 3. The standard InChI is InChI=1S/C7H2Cl2F3O/c8-4-2-1-3-5(9)6(4)13-7(10,11)12/h2-3H. The van der Waals surface area contributed by atoms with Crippen LogP contribution in [-0.2, 0) is 0 Å². The van der Waals surface area contributed by atoms with Gasteiger partial charge in [0, 0.05) is 0 Å². The molecular weight excluding hydrogens is 228 g/mol. The molecule has 13 heavy (non-hydrogen) atoms. The number of ether oxygens (including phenoxy) is 1. The minimum Gasteiger partial charge on any atom is -0.403 e. The molecule has 0 aliphatic heterocycles. The predicted molar refractivity (Wildman–Crippen MR) is 42.0 cm³/mol. The zero-order valence-corrected chi connectivity index (χ0v) is 7.46. The quantitative estimate of drug-likeness (QED) is 0.714. The van der Waals surface area contributed by atoms with Gasteiger partial charge in [-0.1, -0.05) is 23.2 Å². The molecule has 0 saturated heterocycles. The van der Waals surface area contributed by atoms with Crippen LogP contribution in [0.4, 0.5) is 13.2 Å². The van der Waals surface area contributed by atoms with Crippen molar-refractivity contribution in [2.75, 3.05) is 0 Å². The molecule has 0 bridgehead atoms. The second-order valence-electron chi connectivity index (χ2n) is 2.03. The SMILES string of the molecule is FC(F)(F)Oc1c(Cl)c[c]cc1Cl. The summed E-state index contributed by atoms with van der Waals surface area (Å²) in [6.45, 7) is 0. The molecule has 0 aliphatic rings. The summed E-state index contributed by atoms with van der Waals surface area (Å²) in [5, 5.41) is -0.463. The first-order valence-corrected chi connectivity index (χ1v) is 3.76. The summed E-state index contributed by atoms with van der Waals surface area (Å²) in [7, 11) is 0. The first-order chi connectivity index (χ1) is 5.90. The fourth-order valence-electron chi connectivity index (χ4n) is 0.646. The van der Waals surface area contributed by atoms with E-state index in [4.69, 9.17) is 23.2 Å². The third-order valence-electron chi connectivity index (χ3n) is 1.07. The Balaban J connectivity index is 3.00. The van der Waals surface area contributed by atoms with Gasteiger partial charge in [-0.3, -0.25) is 0 Å². The summed E-state index contributed by atoms with van der Waals surface area (Å²) in [5.41, 5.74) is 0. The maximum absolute atomic E-state index is 11.8. The molecule has 0 spiro atoms. The normalized spacial score (nSPS) is 11.5. The van der Waals surface area contributed by atoms with E-state index >= 15 is 0 Å². The highest BCUT2D eigenvalue weighted by Gasteiger charge is 2.32. The van der Waals surface area contributed by atoms with E-state index in [9.17, 15) is 13.2 Å². The topological polar surface area (TPSA) is 9.23 Å². The van der Waals surface area contributed by atoms with Crippen molar-refractivity contribution < 1.29 is 17.9 Å². The summed E-state index contributed by atoms with van der Waals surface area (Å²) >= 11 is 10.8. The highest BCUT2D eigenvalue weighted by molar-refractivity contribution is 6.37. The van der Waals surface area contributed by atoms with Gasteiger partial charge >= 0.3 is 6.36 Å². The van der Waals surface area contributed by atoms with Gasteiger partial charge in [0.15, 0.2) is 5.75 Å². The van der Waals surface area contributed by atoms with E-state index in [0.717, 1.165) is 12.1 Å². The summed E-state index contributed by atoms with van der Waals surface area (Å²) in [6, 6.07) is 4.71. The fraction of sp³-hybridized carbons (Fsp3) is 0.143. The van der Waals surface area contributed by atoms with Crippen LogP contribution in [0.1, 0.15) is 0 Å². The van der Waals surface area contributed by atoms with E-state index < -0.39 is 12.1 Å². The molecular formula is C7H2Cl2F3O. The Kier molecular flexibility index (Phi) is 2.93. The third-order valence-corrected chi connectivity index (χ3v) is 1.63. The summed E-state index contributed by atoms with van der Waals surface area (Å²) in [6.07, 6.45) is -4.80. The maximum atomic E-state index is 11.8. The van der Waals surface area contributed by atoms with Crippen molar-refractivity contribution in [1.29, 1.82) is 0 Å². The number of hydrogen-bond acceptors (Lipinski definition) is 1. The average Bonchev–Trinajstić information content (AvgIpc) is 1.95. The monoisotopic (exact) mass is 229 g/mol. The van der Waals surface area contributed by atoms with Crippen LogP contribution in [0.5, 0.6) is 5.75 Å². The summed E-state index contributed by atoms with van der Waals surface area (Å²) < 4.78 is 38.8. The van der Waals surface area contributed by atoms with Gasteiger partial charge in [0.2, 0.25) is 0 Å². The third kappa shape index (κ3) is 2.97. The molecule has 1 radical (unpaired) electrons. The van der Waals surface area contributed by atoms with Crippen LogP contribution >= 0.6 is 23.2 Å². The Hall–Kier alpha value is -0.610. The van der Waals surface area contributed by atoms with E-state index in [0.29, 0.717) is 0 Å². The highest BCUT2D eigenvalue weighted by atomic mass is 35.5. The van der Waals surface area contributed by atoms with Crippen molar-refractivity contribution >= 4 is 23.2 Å². The Bertz CT molecular complexity index is 291. The van der Waals surface area contributed by atoms with Crippen LogP contribution in [-0.4, -0.2) is 6.36 Å². The largest absolute Gasteiger partial charge is 0.573 e. The van der Waals surface area contributed by atoms with Gasteiger partial charge in [0.1, 0.15) is 0 Å². The van der Waals surface area contributed by atoms with Crippen molar-refractivity contribution in [1.82, 2.24) is 0 Å². The van der Waals surface area contributed by atoms with Crippen molar-refractivity contribution in [2.45, 2.75) is 6.36 Å². The number of hydrogen-bond donors (Lipinski definition) is 0. The van der Waals surface area contributed by atoms with Crippen LogP contribution < -0.4 is 4.74 Å². The van der Waals surface area contributed by atoms with Crippen LogP contribution in [0.15, 0.2) is 12.1 Å². The Morgan fingerprint density at radius 3 is 2.00 bits per heavy atom. The molecule has 71 valence electrons. The Labute approximate surface area is 82.0 Å². The van der Waals surface area contributed by atoms with Gasteiger partial charge in [-0.05, 0) is 18.2 Å². The Morgan fingerprint density at radius 2 is 1.62 bits per heavy atom. The minimum absolute atomic E-state index is 0.232. The van der Waals surface area contributed by atoms with Gasteiger partial charge in [-0.2, -0.15) is 0 Å². The fourth-order valence-corrected chi connectivity index (χ4v) is 1.10. The van der Waals surface area contributed by atoms with Gasteiger partial charge in [0.25, 0.3) is 0 Å². The van der Waals surface area contributed by atoms with Crippen molar-refractivity contribution in [3.63, 3.8) is 0 Å². The van der Waals surface area contributed by atoms with Gasteiger partial charge in [-0.25, -0.2) is 0 Å². The first kappa shape index (κ1) is 10.5. The van der Waals surface area contributed by atoms with E-state index in [1.807, 2.05) is 0 Å². The number of benzene rings is 1. The number of rotatable bonds is 1. The smallest absolute Gasteiger partial charge is 0.403 e. The first-order valence-electron chi connectivity index (χ1n) is 3.01. The molecule has 1 nitrogen and oxygen atoms in total. The van der Waals surface area contributed by atoms with Gasteiger partial charge in [-0.15, -0.1) is 13.2 Å². The molecule has 6 heteroatoms. The molecule has 1 aromatic carbocycles. The van der Waals surface area contributed by atoms with Gasteiger partial charge in [0.05, 0.1) is 10.0 Å². The van der Waals surface area contributed by atoms with E-state index in [-0.39, 0.29) is 10.0 Å². The number of halogens is 5. The lowest BCUT2D eigenvalue weighted by atomic mass is 10.3. The second kappa shape index (κ2) is 3.64. The second-order valence-corrected chi connectivity index (χ2v) is 2.84. The molecule has 0 atom stereocenters. The highest BCUT2D eigenvalue weighted by Crippen LogP contribution is 2.35. The lowest BCUT2D eigenvalue weighted by molar-refractivity contribution is -0.274. The van der Waals surface area contributed by atoms with E-state index in [2.05, 4.69) is 10.8 Å². The molecule has 0 saturated carbocycles. The van der Waals surface area contributed by atoms with E-state index in [1.165, 1.54) is 0 Å². The molecule has 0 fully saturated rings. The molecule has 0 unspecified atom stereocenters. The maximum Gasteiger partial charge on any atom is 0.573 e. The molecule has 0 heterocycles. The molecule has 0 N–H and O–H groups in total. The van der Waals surface area contributed by atoms with Gasteiger partial charge < -0.3 is 4.74 Å². The van der Waals surface area contributed by atoms with Crippen molar-refractivity contribution in [3.05, 3.63) is 28.2 Å². The zero-order chi connectivity index (χ0) is 10.1. The molecule has 0 aliphatic carbocycles. The Morgan fingerprint density at radius 1 is 1.15 bits per heavy atom. The lowest BCUT2D eigenvalue weighted by Gasteiger charge is -2.10. The van der Waals surface area contributed by atoms with Crippen molar-refractivity contribution in [2.24, 2.45) is 0 Å². The zero-order valence-electron chi connectivity index (χ0n) is 5.95. The molecule has 0 amide bonds. The predicted octanol–water partition coefficient (Wildman–Crippen LogP) is 3.69. The average molecular weight is 230 g/mol. The minimum atomic E-state index is -4.80. The van der Waals surface area contributed by atoms with Crippen LogP contribution in [0.3, 0.4) is 0 Å². The molecule has 1 rings (SSSR count). The molecule has 0 aromatic heterocycles. The van der Waals surface area contributed by atoms with Crippen LogP contribution in [0.2, 0.25) is 10.0 Å². The van der Waals surface area contributed by atoms with E-state index in [1.54, 1.807) is 0 Å². The van der Waals surface area contributed by atoms with Crippen LogP contribution in [0.25, 0.3) is 0 Å².